The Bertz CT molecular complexity index is 984. The molecule has 2 aromatic carbocycles. The summed E-state index contributed by atoms with van der Waals surface area (Å²) in [4.78, 5) is 4.52. The van der Waals surface area contributed by atoms with Crippen LogP contribution in [-0.2, 0) is 10.0 Å². The summed E-state index contributed by atoms with van der Waals surface area (Å²) in [6, 6.07) is 13.3. The fourth-order valence-corrected chi connectivity index (χ4v) is 4.24. The van der Waals surface area contributed by atoms with Crippen molar-refractivity contribution in [3.8, 4) is 11.3 Å². The number of hydrogen-bond donors (Lipinski definition) is 1. The summed E-state index contributed by atoms with van der Waals surface area (Å²) in [7, 11) is -3.30. The molecule has 0 fully saturated rings. The highest BCUT2D eigenvalue weighted by Crippen LogP contribution is 2.29. The first kappa shape index (κ1) is 18.3. The lowest BCUT2D eigenvalue weighted by molar-refractivity contribution is 0.598. The molecule has 0 saturated heterocycles. The monoisotopic (exact) mass is 391 g/mol. The lowest BCUT2D eigenvalue weighted by atomic mass is 10.1. The standard InChI is InChI=1S/C18H18FN3O2S2/c1-3-22(26(2,23)24)16-10-4-13(5-11-16)17-12-25-18(21-17)20-15-8-6-14(19)7-9-15/h4-12H,3H2,1-2H3,(H,20,21). The number of aromatic nitrogens is 1. The molecule has 5 nitrogen and oxygen atoms in total. The summed E-state index contributed by atoms with van der Waals surface area (Å²) < 4.78 is 37.9. The summed E-state index contributed by atoms with van der Waals surface area (Å²) in [5.74, 6) is -0.286. The Morgan fingerprint density at radius 2 is 1.77 bits per heavy atom. The molecule has 1 heterocycles. The van der Waals surface area contributed by atoms with E-state index in [1.165, 1.54) is 34.0 Å². The summed E-state index contributed by atoms with van der Waals surface area (Å²) in [6.07, 6.45) is 1.19. The van der Waals surface area contributed by atoms with Crippen molar-refractivity contribution < 1.29 is 12.8 Å². The number of sulfonamides is 1. The van der Waals surface area contributed by atoms with E-state index < -0.39 is 10.0 Å². The van der Waals surface area contributed by atoms with Gasteiger partial charge < -0.3 is 5.32 Å². The Kier molecular flexibility index (Phi) is 5.24. The van der Waals surface area contributed by atoms with Gasteiger partial charge in [-0.05, 0) is 43.3 Å². The van der Waals surface area contributed by atoms with E-state index in [4.69, 9.17) is 0 Å². The molecule has 0 aliphatic carbocycles. The number of thiazole rings is 1. The fourth-order valence-electron chi connectivity index (χ4n) is 2.53. The molecule has 0 aliphatic rings. The SMILES string of the molecule is CCN(c1ccc(-c2csc(Nc3ccc(F)cc3)n2)cc1)S(C)(=O)=O. The second-order valence-corrected chi connectivity index (χ2v) is 8.41. The Morgan fingerprint density at radius 1 is 1.12 bits per heavy atom. The zero-order chi connectivity index (χ0) is 18.7. The molecule has 0 aliphatic heterocycles. The van der Waals surface area contributed by atoms with Crippen molar-refractivity contribution in [2.75, 3.05) is 22.4 Å². The highest BCUT2D eigenvalue weighted by Gasteiger charge is 2.15. The zero-order valence-corrected chi connectivity index (χ0v) is 15.9. The van der Waals surface area contributed by atoms with Crippen molar-refractivity contribution >= 4 is 37.9 Å². The first-order valence-electron chi connectivity index (χ1n) is 7.93. The van der Waals surface area contributed by atoms with E-state index in [0.717, 1.165) is 16.9 Å². The maximum absolute atomic E-state index is 13.0. The number of rotatable bonds is 6. The van der Waals surface area contributed by atoms with Crippen LogP contribution in [0.3, 0.4) is 0 Å². The molecule has 0 radical (unpaired) electrons. The van der Waals surface area contributed by atoms with Gasteiger partial charge in [0.25, 0.3) is 0 Å². The predicted octanol–water partition coefficient (Wildman–Crippen LogP) is 4.48. The Hall–Kier alpha value is -2.45. The van der Waals surface area contributed by atoms with Crippen LogP contribution in [-0.4, -0.2) is 26.2 Å². The van der Waals surface area contributed by atoms with Gasteiger partial charge in [-0.2, -0.15) is 0 Å². The van der Waals surface area contributed by atoms with Crippen LogP contribution in [0.2, 0.25) is 0 Å². The van der Waals surface area contributed by atoms with Gasteiger partial charge in [-0.25, -0.2) is 17.8 Å². The number of hydrogen-bond acceptors (Lipinski definition) is 5. The van der Waals surface area contributed by atoms with Gasteiger partial charge in [0.1, 0.15) is 5.82 Å². The summed E-state index contributed by atoms with van der Waals surface area (Å²) in [6.45, 7) is 2.17. The largest absolute Gasteiger partial charge is 0.332 e. The molecule has 0 bridgehead atoms. The van der Waals surface area contributed by atoms with E-state index in [-0.39, 0.29) is 5.82 Å². The number of anilines is 3. The van der Waals surface area contributed by atoms with E-state index in [1.54, 1.807) is 31.2 Å². The minimum atomic E-state index is -3.30. The van der Waals surface area contributed by atoms with Crippen molar-refractivity contribution in [2.24, 2.45) is 0 Å². The molecule has 0 amide bonds. The third-order valence-electron chi connectivity index (χ3n) is 3.74. The topological polar surface area (TPSA) is 62.3 Å². The fraction of sp³-hybridized carbons (Fsp3) is 0.167. The minimum Gasteiger partial charge on any atom is -0.332 e. The summed E-state index contributed by atoms with van der Waals surface area (Å²) >= 11 is 1.44. The van der Waals surface area contributed by atoms with E-state index in [9.17, 15) is 12.8 Å². The third kappa shape index (κ3) is 4.20. The molecule has 0 atom stereocenters. The van der Waals surface area contributed by atoms with Crippen LogP contribution in [0, 0.1) is 5.82 Å². The maximum atomic E-state index is 13.0. The number of halogens is 1. The van der Waals surface area contributed by atoms with Gasteiger partial charge in [-0.3, -0.25) is 4.31 Å². The minimum absolute atomic E-state index is 0.286. The second kappa shape index (κ2) is 7.43. The van der Waals surface area contributed by atoms with E-state index in [1.807, 2.05) is 17.5 Å². The molecule has 0 saturated carbocycles. The van der Waals surface area contributed by atoms with Crippen LogP contribution in [0.15, 0.2) is 53.9 Å². The number of benzene rings is 2. The molecule has 8 heteroatoms. The zero-order valence-electron chi connectivity index (χ0n) is 14.3. The van der Waals surface area contributed by atoms with E-state index >= 15 is 0 Å². The maximum Gasteiger partial charge on any atom is 0.232 e. The van der Waals surface area contributed by atoms with Crippen molar-refractivity contribution in [1.29, 1.82) is 0 Å². The van der Waals surface area contributed by atoms with Crippen molar-refractivity contribution in [2.45, 2.75) is 6.92 Å². The smallest absolute Gasteiger partial charge is 0.232 e. The van der Waals surface area contributed by atoms with Gasteiger partial charge in [0.2, 0.25) is 10.0 Å². The van der Waals surface area contributed by atoms with Crippen LogP contribution < -0.4 is 9.62 Å². The Balaban J connectivity index is 1.78. The van der Waals surface area contributed by atoms with Gasteiger partial charge in [0.15, 0.2) is 5.13 Å². The predicted molar refractivity (Wildman–Crippen MR) is 105 cm³/mol. The first-order chi connectivity index (χ1) is 12.4. The average Bonchev–Trinajstić information content (AvgIpc) is 3.05. The number of nitrogens with one attached hydrogen (secondary N) is 1. The lowest BCUT2D eigenvalue weighted by Gasteiger charge is -2.20. The molecule has 136 valence electrons. The normalized spacial score (nSPS) is 11.3. The van der Waals surface area contributed by atoms with Crippen molar-refractivity contribution in [3.05, 3.63) is 59.7 Å². The molecule has 0 spiro atoms. The molecule has 3 aromatic rings. The molecule has 26 heavy (non-hydrogen) atoms. The van der Waals surface area contributed by atoms with Gasteiger partial charge in [-0.1, -0.05) is 12.1 Å². The highest BCUT2D eigenvalue weighted by atomic mass is 32.2. The molecule has 0 unspecified atom stereocenters. The highest BCUT2D eigenvalue weighted by molar-refractivity contribution is 7.92. The molecule has 1 aromatic heterocycles. The van der Waals surface area contributed by atoms with Gasteiger partial charge in [0, 0.05) is 23.2 Å². The van der Waals surface area contributed by atoms with Crippen LogP contribution in [0.5, 0.6) is 0 Å². The summed E-state index contributed by atoms with van der Waals surface area (Å²) in [5, 5.41) is 5.74. The lowest BCUT2D eigenvalue weighted by Crippen LogP contribution is -2.29. The summed E-state index contributed by atoms with van der Waals surface area (Å²) in [5.41, 5.74) is 3.06. The molecule has 3 rings (SSSR count). The van der Waals surface area contributed by atoms with Gasteiger partial charge in [0.05, 0.1) is 17.6 Å². The van der Waals surface area contributed by atoms with E-state index in [0.29, 0.717) is 17.4 Å². The number of nitrogens with zero attached hydrogens (tertiary/aromatic N) is 2. The van der Waals surface area contributed by atoms with Gasteiger partial charge >= 0.3 is 0 Å². The molecular weight excluding hydrogens is 373 g/mol. The van der Waals surface area contributed by atoms with Crippen LogP contribution in [0.25, 0.3) is 11.3 Å². The second-order valence-electron chi connectivity index (χ2n) is 5.64. The van der Waals surface area contributed by atoms with Crippen molar-refractivity contribution in [3.63, 3.8) is 0 Å². The third-order valence-corrected chi connectivity index (χ3v) is 5.77. The van der Waals surface area contributed by atoms with Crippen LogP contribution >= 0.6 is 11.3 Å². The molecular formula is C18H18FN3O2S2. The van der Waals surface area contributed by atoms with E-state index in [2.05, 4.69) is 10.3 Å². The molecule has 1 N–H and O–H groups in total. The Morgan fingerprint density at radius 3 is 2.35 bits per heavy atom. The van der Waals surface area contributed by atoms with Crippen LogP contribution in [0.1, 0.15) is 6.92 Å². The van der Waals surface area contributed by atoms with Crippen molar-refractivity contribution in [1.82, 2.24) is 4.98 Å². The Labute approximate surface area is 156 Å². The first-order valence-corrected chi connectivity index (χ1v) is 10.7. The van der Waals surface area contributed by atoms with Gasteiger partial charge in [-0.15, -0.1) is 11.3 Å². The average molecular weight is 391 g/mol. The van der Waals surface area contributed by atoms with Crippen LogP contribution in [0.4, 0.5) is 20.9 Å². The quantitative estimate of drug-likeness (QED) is 0.673.